The summed E-state index contributed by atoms with van der Waals surface area (Å²) in [6.45, 7) is 6.09. The third kappa shape index (κ3) is 5.80. The van der Waals surface area contributed by atoms with E-state index in [0.717, 1.165) is 50.4 Å². The molecule has 0 radical (unpaired) electrons. The average molecular weight is 303 g/mol. The molecule has 2 rings (SSSR count). The molecule has 0 atom stereocenters. The molecule has 1 aliphatic rings. The van der Waals surface area contributed by atoms with E-state index >= 15 is 0 Å². The Balaban J connectivity index is 1.76. The van der Waals surface area contributed by atoms with E-state index in [1.54, 1.807) is 0 Å². The van der Waals surface area contributed by atoms with E-state index in [1.807, 2.05) is 24.3 Å². The molecule has 1 aliphatic heterocycles. The molecule has 1 aromatic rings. The van der Waals surface area contributed by atoms with Crippen LogP contribution in [0.3, 0.4) is 0 Å². The Morgan fingerprint density at radius 2 is 1.77 bits per heavy atom. The second-order valence-corrected chi connectivity index (χ2v) is 6.16. The highest BCUT2D eigenvalue weighted by Gasteiger charge is 2.12. The summed E-state index contributed by atoms with van der Waals surface area (Å²) < 4.78 is 5.63. The van der Waals surface area contributed by atoms with Crippen LogP contribution in [0.25, 0.3) is 0 Å². The molecule has 0 N–H and O–H groups in total. The highest BCUT2D eigenvalue weighted by molar-refractivity contribution is 5.96. The average Bonchev–Trinajstić information content (AvgIpc) is 2.82. The Bertz CT molecular complexity index is 433. The minimum Gasteiger partial charge on any atom is -0.494 e. The predicted molar refractivity (Wildman–Crippen MR) is 90.7 cm³/mol. The van der Waals surface area contributed by atoms with Crippen molar-refractivity contribution in [1.82, 2.24) is 4.90 Å². The molecule has 122 valence electrons. The minimum absolute atomic E-state index is 0.240. The molecule has 1 heterocycles. The number of benzene rings is 1. The van der Waals surface area contributed by atoms with Crippen molar-refractivity contribution in [1.29, 1.82) is 0 Å². The summed E-state index contributed by atoms with van der Waals surface area (Å²) in [6.07, 6.45) is 8.05. The molecule has 0 spiro atoms. The smallest absolute Gasteiger partial charge is 0.164 e. The Hall–Kier alpha value is -1.35. The molecule has 0 amide bonds. The summed E-state index contributed by atoms with van der Waals surface area (Å²) in [6, 6.07) is 7.61. The molecule has 22 heavy (non-hydrogen) atoms. The van der Waals surface area contributed by atoms with Gasteiger partial charge in [0, 0.05) is 18.5 Å². The van der Waals surface area contributed by atoms with E-state index in [1.165, 1.54) is 25.7 Å². The monoisotopic (exact) mass is 303 g/mol. The molecule has 0 aliphatic carbocycles. The predicted octanol–water partition coefficient (Wildman–Crippen LogP) is 4.31. The first-order valence-electron chi connectivity index (χ1n) is 8.78. The zero-order valence-electron chi connectivity index (χ0n) is 13.9. The van der Waals surface area contributed by atoms with Gasteiger partial charge in [0.2, 0.25) is 0 Å². The van der Waals surface area contributed by atoms with Crippen molar-refractivity contribution in [3.8, 4) is 5.75 Å². The fourth-order valence-electron chi connectivity index (χ4n) is 2.84. The summed E-state index contributed by atoms with van der Waals surface area (Å²) >= 11 is 0. The van der Waals surface area contributed by atoms with Gasteiger partial charge in [-0.05, 0) is 56.6 Å². The Morgan fingerprint density at radius 1 is 1.09 bits per heavy atom. The van der Waals surface area contributed by atoms with Gasteiger partial charge in [0.25, 0.3) is 0 Å². The largest absolute Gasteiger partial charge is 0.494 e. The first-order valence-corrected chi connectivity index (χ1v) is 8.78. The quantitative estimate of drug-likeness (QED) is 0.529. The lowest BCUT2D eigenvalue weighted by Crippen LogP contribution is -2.27. The molecule has 0 unspecified atom stereocenters. The van der Waals surface area contributed by atoms with Crippen LogP contribution < -0.4 is 4.74 Å². The summed E-state index contributed by atoms with van der Waals surface area (Å²) in [5.74, 6) is 1.10. The normalized spacial score (nSPS) is 16.2. The number of carbonyl (C=O) groups excluding carboxylic acids is 1. The molecule has 1 saturated heterocycles. The van der Waals surface area contributed by atoms with Gasteiger partial charge in [-0.3, -0.25) is 4.79 Å². The standard InChI is InChI=1S/C19H29NO2/c1-2-3-16-22-18-10-8-17(9-11-18)19(21)12-15-20-13-6-4-5-7-14-20/h8-11H,2-7,12-16H2,1H3. The summed E-state index contributed by atoms with van der Waals surface area (Å²) in [5.41, 5.74) is 0.803. The lowest BCUT2D eigenvalue weighted by Gasteiger charge is -2.19. The first-order chi connectivity index (χ1) is 10.8. The maximum absolute atomic E-state index is 12.3. The highest BCUT2D eigenvalue weighted by Crippen LogP contribution is 2.15. The van der Waals surface area contributed by atoms with Crippen molar-refractivity contribution in [3.05, 3.63) is 29.8 Å². The summed E-state index contributed by atoms with van der Waals surface area (Å²) in [7, 11) is 0. The van der Waals surface area contributed by atoms with E-state index in [4.69, 9.17) is 4.74 Å². The van der Waals surface area contributed by atoms with E-state index in [0.29, 0.717) is 6.42 Å². The van der Waals surface area contributed by atoms with Crippen LogP contribution in [0.2, 0.25) is 0 Å². The Morgan fingerprint density at radius 3 is 2.41 bits per heavy atom. The lowest BCUT2D eigenvalue weighted by molar-refractivity contribution is 0.0965. The number of rotatable bonds is 8. The van der Waals surface area contributed by atoms with Crippen molar-refractivity contribution < 1.29 is 9.53 Å². The number of carbonyl (C=O) groups is 1. The second-order valence-electron chi connectivity index (χ2n) is 6.16. The van der Waals surface area contributed by atoms with Crippen LogP contribution in [-0.4, -0.2) is 36.9 Å². The topological polar surface area (TPSA) is 29.5 Å². The number of ether oxygens (including phenoxy) is 1. The van der Waals surface area contributed by atoms with Gasteiger partial charge >= 0.3 is 0 Å². The number of Topliss-reactive ketones (excluding diaryl/α,β-unsaturated/α-hetero) is 1. The number of likely N-dealkylation sites (tertiary alicyclic amines) is 1. The summed E-state index contributed by atoms with van der Waals surface area (Å²) in [4.78, 5) is 14.7. The molecule has 0 saturated carbocycles. The number of nitrogens with zero attached hydrogens (tertiary/aromatic N) is 1. The maximum Gasteiger partial charge on any atom is 0.164 e. The highest BCUT2D eigenvalue weighted by atomic mass is 16.5. The van der Waals surface area contributed by atoms with Crippen LogP contribution in [0.15, 0.2) is 24.3 Å². The van der Waals surface area contributed by atoms with Crippen molar-refractivity contribution in [2.75, 3.05) is 26.2 Å². The molecule has 0 bridgehead atoms. The van der Waals surface area contributed by atoms with Crippen LogP contribution in [0.4, 0.5) is 0 Å². The first kappa shape index (κ1) is 17.0. The number of unbranched alkanes of at least 4 members (excludes halogenated alkanes) is 1. The van der Waals surface area contributed by atoms with E-state index in [9.17, 15) is 4.79 Å². The van der Waals surface area contributed by atoms with Crippen molar-refractivity contribution >= 4 is 5.78 Å². The van der Waals surface area contributed by atoms with Crippen LogP contribution in [0.5, 0.6) is 5.75 Å². The maximum atomic E-state index is 12.3. The lowest BCUT2D eigenvalue weighted by atomic mass is 10.1. The molecular weight excluding hydrogens is 274 g/mol. The van der Waals surface area contributed by atoms with Crippen molar-refractivity contribution in [3.63, 3.8) is 0 Å². The fourth-order valence-corrected chi connectivity index (χ4v) is 2.84. The zero-order chi connectivity index (χ0) is 15.6. The Labute approximate surface area is 134 Å². The number of ketones is 1. The van der Waals surface area contributed by atoms with Crippen LogP contribution in [0, 0.1) is 0 Å². The van der Waals surface area contributed by atoms with Gasteiger partial charge < -0.3 is 9.64 Å². The number of hydrogen-bond donors (Lipinski definition) is 0. The van der Waals surface area contributed by atoms with Gasteiger partial charge in [-0.2, -0.15) is 0 Å². The summed E-state index contributed by atoms with van der Waals surface area (Å²) in [5, 5.41) is 0. The van der Waals surface area contributed by atoms with E-state index in [-0.39, 0.29) is 5.78 Å². The van der Waals surface area contributed by atoms with Crippen molar-refractivity contribution in [2.45, 2.75) is 51.9 Å². The van der Waals surface area contributed by atoms with Gasteiger partial charge in [0.15, 0.2) is 5.78 Å². The van der Waals surface area contributed by atoms with Crippen LogP contribution in [0.1, 0.15) is 62.2 Å². The molecular formula is C19H29NO2. The fraction of sp³-hybridized carbons (Fsp3) is 0.632. The Kier molecular flexibility index (Phi) is 7.44. The van der Waals surface area contributed by atoms with Gasteiger partial charge in [-0.15, -0.1) is 0 Å². The molecule has 3 nitrogen and oxygen atoms in total. The number of hydrogen-bond acceptors (Lipinski definition) is 3. The second kappa shape index (κ2) is 9.62. The van der Waals surface area contributed by atoms with Gasteiger partial charge in [0.05, 0.1) is 6.61 Å². The third-order valence-electron chi connectivity index (χ3n) is 4.30. The van der Waals surface area contributed by atoms with E-state index in [2.05, 4.69) is 11.8 Å². The van der Waals surface area contributed by atoms with E-state index < -0.39 is 0 Å². The molecule has 3 heteroatoms. The van der Waals surface area contributed by atoms with Gasteiger partial charge in [-0.1, -0.05) is 26.2 Å². The third-order valence-corrected chi connectivity index (χ3v) is 4.30. The SMILES string of the molecule is CCCCOc1ccc(C(=O)CCN2CCCCCC2)cc1. The molecule has 1 fully saturated rings. The zero-order valence-corrected chi connectivity index (χ0v) is 13.9. The van der Waals surface area contributed by atoms with Gasteiger partial charge in [-0.25, -0.2) is 0 Å². The molecule has 0 aromatic heterocycles. The minimum atomic E-state index is 0.240. The van der Waals surface area contributed by atoms with Gasteiger partial charge in [0.1, 0.15) is 5.75 Å². The van der Waals surface area contributed by atoms with Crippen LogP contribution in [-0.2, 0) is 0 Å². The molecule has 1 aromatic carbocycles. The van der Waals surface area contributed by atoms with Crippen LogP contribution >= 0.6 is 0 Å². The van der Waals surface area contributed by atoms with Crippen molar-refractivity contribution in [2.24, 2.45) is 0 Å².